The van der Waals surface area contributed by atoms with E-state index in [1.54, 1.807) is 0 Å². The Labute approximate surface area is 114 Å². The summed E-state index contributed by atoms with van der Waals surface area (Å²) in [7, 11) is 0. The number of hydrogen-bond donors (Lipinski definition) is 0. The molecule has 81 valence electrons. The summed E-state index contributed by atoms with van der Waals surface area (Å²) in [6.07, 6.45) is 5.22. The molecule has 0 bridgehead atoms. The summed E-state index contributed by atoms with van der Waals surface area (Å²) in [6, 6.07) is 8.61. The summed E-state index contributed by atoms with van der Waals surface area (Å²) in [5, 5.41) is 0. The molecule has 2 rings (SSSR count). The first-order valence-electron chi connectivity index (χ1n) is 4.53. The van der Waals surface area contributed by atoms with Gasteiger partial charge in [0, 0.05) is 12.8 Å². The third kappa shape index (κ3) is 3.96. The van der Waals surface area contributed by atoms with Crippen molar-refractivity contribution in [2.24, 2.45) is 0 Å². The number of fused-ring (bicyclic) bond motifs is 1. The van der Waals surface area contributed by atoms with Gasteiger partial charge in [-0.25, -0.2) is 0 Å². The summed E-state index contributed by atoms with van der Waals surface area (Å²) >= 11 is 11.5. The van der Waals surface area contributed by atoms with Crippen LogP contribution < -0.4 is 0 Å². The number of hydrogen-bond acceptors (Lipinski definition) is 0. The molecular formula is C12H15Cl2Ti. The van der Waals surface area contributed by atoms with Gasteiger partial charge in [0.1, 0.15) is 0 Å². The number of benzene rings is 1. The number of allylic oxidation sites excluding steroid dienone is 1. The van der Waals surface area contributed by atoms with E-state index < -0.39 is 0 Å². The second-order valence-corrected chi connectivity index (χ2v) is 3.85. The molecule has 0 amide bonds. The molecule has 1 aromatic rings. The molecule has 0 fully saturated rings. The van der Waals surface area contributed by atoms with Crippen molar-refractivity contribution in [2.75, 3.05) is 12.8 Å². The standard InChI is InChI=1S/C10H9.2CH3Cl.Ti/c1-8-6-9-4-2-3-5-10(9)7-8;2*1-2;/h2-7H,1H3;2*1H3;. The van der Waals surface area contributed by atoms with Crippen molar-refractivity contribution in [3.05, 3.63) is 41.0 Å². The fourth-order valence-electron chi connectivity index (χ4n) is 1.48. The van der Waals surface area contributed by atoms with Crippen LogP contribution in [-0.2, 0) is 20.4 Å². The predicted molar refractivity (Wildman–Crippen MR) is 66.4 cm³/mol. The van der Waals surface area contributed by atoms with Crippen LogP contribution in [0.1, 0.15) is 22.3 Å². The Morgan fingerprint density at radius 3 is 2.13 bits per heavy atom. The minimum atomic E-state index is 0.631. The molecule has 0 heterocycles. The van der Waals surface area contributed by atoms with Crippen LogP contribution in [0, 0.1) is 0 Å². The minimum Gasteiger partial charge on any atom is -0.130 e. The van der Waals surface area contributed by atoms with Gasteiger partial charge in [0.15, 0.2) is 0 Å². The van der Waals surface area contributed by atoms with E-state index in [0.29, 0.717) is 4.22 Å². The molecule has 3 heteroatoms. The van der Waals surface area contributed by atoms with Crippen molar-refractivity contribution < 1.29 is 20.4 Å². The SMILES string of the molecule is CC1=Cc2ccccc2[CH]1[Ti].CCl.CCl. The average Bonchev–Trinajstić information content (AvgIpc) is 2.61. The Morgan fingerprint density at radius 1 is 1.07 bits per heavy atom. The number of halogens is 2. The molecule has 0 radical (unpaired) electrons. The molecule has 0 saturated carbocycles. The summed E-state index contributed by atoms with van der Waals surface area (Å²) in [5.74, 6) is 0. The molecule has 0 saturated heterocycles. The van der Waals surface area contributed by atoms with E-state index >= 15 is 0 Å². The Kier molecular flexibility index (Phi) is 8.55. The van der Waals surface area contributed by atoms with Crippen LogP contribution in [0.5, 0.6) is 0 Å². The Balaban J connectivity index is 0.000000442. The largest absolute Gasteiger partial charge is 0.130 e. The van der Waals surface area contributed by atoms with Crippen molar-refractivity contribution in [3.8, 4) is 0 Å². The predicted octanol–water partition coefficient (Wildman–Crippen LogP) is 4.40. The minimum absolute atomic E-state index is 0.631. The maximum Gasteiger partial charge on any atom is 0.0108 e. The second-order valence-electron chi connectivity index (χ2n) is 2.95. The Bertz CT molecular complexity index is 321. The van der Waals surface area contributed by atoms with Crippen LogP contribution in [0.25, 0.3) is 6.08 Å². The van der Waals surface area contributed by atoms with Crippen LogP contribution in [0.2, 0.25) is 0 Å². The van der Waals surface area contributed by atoms with Crippen LogP contribution >= 0.6 is 23.2 Å². The van der Waals surface area contributed by atoms with Gasteiger partial charge in [0.2, 0.25) is 0 Å². The van der Waals surface area contributed by atoms with E-state index in [2.05, 4.69) is 80.9 Å². The molecule has 1 unspecified atom stereocenters. The fourth-order valence-corrected chi connectivity index (χ4v) is 2.02. The smallest absolute Gasteiger partial charge is 0.0108 e. The van der Waals surface area contributed by atoms with E-state index in [9.17, 15) is 0 Å². The van der Waals surface area contributed by atoms with Gasteiger partial charge in [0.25, 0.3) is 0 Å². The first-order valence-corrected chi connectivity index (χ1v) is 6.94. The quantitative estimate of drug-likeness (QED) is 0.487. The molecule has 0 N–H and O–H groups in total. The summed E-state index contributed by atoms with van der Waals surface area (Å²) < 4.78 is 0.631. The van der Waals surface area contributed by atoms with Crippen LogP contribution in [0.3, 0.4) is 0 Å². The zero-order chi connectivity index (χ0) is 11.8. The number of alkyl halides is 2. The molecule has 1 atom stereocenters. The average molecular weight is 278 g/mol. The van der Waals surface area contributed by atoms with Crippen LogP contribution in [0.4, 0.5) is 0 Å². The van der Waals surface area contributed by atoms with Crippen molar-refractivity contribution in [2.45, 2.75) is 11.1 Å². The molecule has 0 aliphatic heterocycles. The van der Waals surface area contributed by atoms with Crippen molar-refractivity contribution in [3.63, 3.8) is 0 Å². The molecular weight excluding hydrogens is 263 g/mol. The third-order valence-electron chi connectivity index (χ3n) is 2.15. The van der Waals surface area contributed by atoms with E-state index in [4.69, 9.17) is 0 Å². The van der Waals surface area contributed by atoms with Gasteiger partial charge in [-0.05, 0) is 0 Å². The van der Waals surface area contributed by atoms with Gasteiger partial charge in [0.05, 0.1) is 0 Å². The van der Waals surface area contributed by atoms with Gasteiger partial charge in [-0.15, -0.1) is 23.2 Å². The first-order chi connectivity index (χ1) is 7.29. The molecule has 1 aliphatic carbocycles. The summed E-state index contributed by atoms with van der Waals surface area (Å²) in [5.41, 5.74) is 4.36. The third-order valence-corrected chi connectivity index (χ3v) is 3.34. The van der Waals surface area contributed by atoms with Gasteiger partial charge in [-0.3, -0.25) is 0 Å². The van der Waals surface area contributed by atoms with E-state index in [1.807, 2.05) is 0 Å². The summed E-state index contributed by atoms with van der Waals surface area (Å²) in [4.78, 5) is 0. The zero-order valence-electron chi connectivity index (χ0n) is 9.22. The first kappa shape index (κ1) is 15.3. The molecule has 0 spiro atoms. The molecule has 15 heavy (non-hydrogen) atoms. The molecule has 1 aliphatic rings. The molecule has 0 nitrogen and oxygen atoms in total. The van der Waals surface area contributed by atoms with Crippen molar-refractivity contribution in [1.82, 2.24) is 0 Å². The maximum absolute atomic E-state index is 4.64. The molecule has 1 aromatic carbocycles. The van der Waals surface area contributed by atoms with Gasteiger partial charge in [-0.1, -0.05) is 0 Å². The van der Waals surface area contributed by atoms with E-state index in [1.165, 1.54) is 29.5 Å². The van der Waals surface area contributed by atoms with E-state index in [0.717, 1.165) is 0 Å². The van der Waals surface area contributed by atoms with Crippen molar-refractivity contribution in [1.29, 1.82) is 0 Å². The molecule has 0 aromatic heterocycles. The topological polar surface area (TPSA) is 0 Å². The van der Waals surface area contributed by atoms with E-state index in [-0.39, 0.29) is 0 Å². The monoisotopic (exact) mass is 277 g/mol. The van der Waals surface area contributed by atoms with Gasteiger partial charge in [-0.2, -0.15) is 0 Å². The second kappa shape index (κ2) is 8.41. The maximum atomic E-state index is 4.64. The van der Waals surface area contributed by atoms with Crippen LogP contribution in [0.15, 0.2) is 29.8 Å². The summed E-state index contributed by atoms with van der Waals surface area (Å²) in [6.45, 7) is 2.20. The zero-order valence-corrected chi connectivity index (χ0v) is 12.3. The Morgan fingerprint density at radius 2 is 1.60 bits per heavy atom. The Hall–Kier alpha value is 0.254. The van der Waals surface area contributed by atoms with Gasteiger partial charge < -0.3 is 0 Å². The van der Waals surface area contributed by atoms with Gasteiger partial charge >= 0.3 is 78.6 Å². The number of rotatable bonds is 0. The fraction of sp³-hybridized carbons (Fsp3) is 0.333. The van der Waals surface area contributed by atoms with Crippen LogP contribution in [-0.4, -0.2) is 12.8 Å². The normalized spacial score (nSPS) is 16.3. The van der Waals surface area contributed by atoms with Crippen molar-refractivity contribution >= 4 is 29.3 Å².